The second-order valence-electron chi connectivity index (χ2n) is 8.82. The van der Waals surface area contributed by atoms with Gasteiger partial charge in [0.25, 0.3) is 0 Å². The second-order valence-corrected chi connectivity index (χ2v) is 9.60. The molecule has 0 saturated heterocycles. The molecule has 4 heteroatoms. The van der Waals surface area contributed by atoms with Gasteiger partial charge in [-0.15, -0.1) is 0 Å². The van der Waals surface area contributed by atoms with Crippen LogP contribution in [0.2, 0.25) is 0 Å². The molecule has 1 aromatic heterocycles. The lowest BCUT2D eigenvalue weighted by Gasteiger charge is -2.08. The van der Waals surface area contributed by atoms with Crippen molar-refractivity contribution >= 4 is 11.3 Å². The fourth-order valence-corrected chi connectivity index (χ4v) is 4.66. The lowest BCUT2D eigenvalue weighted by Crippen LogP contribution is -1.97. The van der Waals surface area contributed by atoms with Crippen molar-refractivity contribution in [2.75, 3.05) is 20.3 Å². The summed E-state index contributed by atoms with van der Waals surface area (Å²) >= 11 is 1.74. The third kappa shape index (κ3) is 10.3. The van der Waals surface area contributed by atoms with Crippen LogP contribution in [0.4, 0.5) is 0 Å². The summed E-state index contributed by atoms with van der Waals surface area (Å²) in [6.45, 7) is 2.46. The van der Waals surface area contributed by atoms with Crippen LogP contribution in [0.1, 0.15) is 69.8 Å². The predicted octanol–water partition coefficient (Wildman–Crippen LogP) is 8.92. The fraction of sp³-hybridized carbons (Fsp3) is 0.467. The molecule has 0 atom stereocenters. The van der Waals surface area contributed by atoms with Gasteiger partial charge in [-0.3, -0.25) is 0 Å². The van der Waals surface area contributed by atoms with Gasteiger partial charge in [0.15, 0.2) is 0 Å². The molecular weight excluding hydrogens is 440 g/mol. The minimum absolute atomic E-state index is 0.769. The summed E-state index contributed by atoms with van der Waals surface area (Å²) in [6.07, 6.45) is 13.0. The summed E-state index contributed by atoms with van der Waals surface area (Å²) in [5.74, 6) is 1.83. The molecule has 3 rings (SSSR count). The molecular formula is C30H40O3S. The van der Waals surface area contributed by atoms with E-state index in [0.717, 1.165) is 37.7 Å². The summed E-state index contributed by atoms with van der Waals surface area (Å²) in [5, 5.41) is 4.27. The average Bonchev–Trinajstić information content (AvgIpc) is 3.40. The van der Waals surface area contributed by atoms with Crippen molar-refractivity contribution in [3.63, 3.8) is 0 Å². The first kappa shape index (κ1) is 26.3. The van der Waals surface area contributed by atoms with Crippen molar-refractivity contribution in [1.82, 2.24) is 0 Å². The van der Waals surface area contributed by atoms with Gasteiger partial charge in [-0.2, -0.15) is 11.3 Å². The van der Waals surface area contributed by atoms with Crippen LogP contribution < -0.4 is 9.47 Å². The molecule has 0 unspecified atom stereocenters. The van der Waals surface area contributed by atoms with E-state index in [1.807, 2.05) is 12.1 Å². The Morgan fingerprint density at radius 3 is 1.65 bits per heavy atom. The van der Waals surface area contributed by atoms with Gasteiger partial charge in [-0.05, 0) is 70.6 Å². The molecule has 0 saturated carbocycles. The average molecular weight is 481 g/mol. The highest BCUT2D eigenvalue weighted by molar-refractivity contribution is 7.07. The molecule has 0 radical (unpaired) electrons. The van der Waals surface area contributed by atoms with Crippen molar-refractivity contribution in [2.45, 2.75) is 70.8 Å². The Morgan fingerprint density at radius 2 is 1.12 bits per heavy atom. The van der Waals surface area contributed by atoms with Gasteiger partial charge in [-0.1, -0.05) is 75.6 Å². The van der Waals surface area contributed by atoms with Crippen LogP contribution in [0.15, 0.2) is 65.4 Å². The minimum atomic E-state index is 0.769. The van der Waals surface area contributed by atoms with Gasteiger partial charge in [0, 0.05) is 6.61 Å². The molecule has 2 aromatic carbocycles. The number of benzene rings is 2. The van der Waals surface area contributed by atoms with Gasteiger partial charge >= 0.3 is 0 Å². The van der Waals surface area contributed by atoms with Gasteiger partial charge in [0.1, 0.15) is 11.5 Å². The van der Waals surface area contributed by atoms with Gasteiger partial charge in [0.2, 0.25) is 0 Å². The number of thiophene rings is 1. The van der Waals surface area contributed by atoms with Gasteiger partial charge < -0.3 is 14.2 Å². The number of rotatable bonds is 18. The summed E-state index contributed by atoms with van der Waals surface area (Å²) in [5.41, 5.74) is 3.68. The molecule has 3 aromatic rings. The van der Waals surface area contributed by atoms with E-state index in [2.05, 4.69) is 53.2 Å². The zero-order chi connectivity index (χ0) is 23.7. The molecule has 0 N–H and O–H groups in total. The highest BCUT2D eigenvalue weighted by atomic mass is 32.1. The highest BCUT2D eigenvalue weighted by Crippen LogP contribution is 2.24. The highest BCUT2D eigenvalue weighted by Gasteiger charge is 2.00. The van der Waals surface area contributed by atoms with E-state index in [1.54, 1.807) is 18.4 Å². The van der Waals surface area contributed by atoms with E-state index in [-0.39, 0.29) is 0 Å². The Hall–Kier alpha value is -2.30. The summed E-state index contributed by atoms with van der Waals surface area (Å²) in [7, 11) is 1.69. The number of hydrogen-bond acceptors (Lipinski definition) is 4. The van der Waals surface area contributed by atoms with Crippen LogP contribution in [0, 0.1) is 0 Å². The molecule has 0 spiro atoms. The first-order valence-electron chi connectivity index (χ1n) is 12.8. The van der Waals surface area contributed by atoms with E-state index in [0.29, 0.717) is 0 Å². The summed E-state index contributed by atoms with van der Waals surface area (Å²) in [4.78, 5) is 0. The van der Waals surface area contributed by atoms with Crippen LogP contribution in [-0.2, 0) is 11.3 Å². The third-order valence-corrected chi connectivity index (χ3v) is 6.81. The predicted molar refractivity (Wildman–Crippen MR) is 144 cm³/mol. The molecule has 1 heterocycles. The fourth-order valence-electron chi connectivity index (χ4n) is 4.00. The number of methoxy groups -OCH3 is 1. The molecule has 0 aliphatic heterocycles. The topological polar surface area (TPSA) is 27.7 Å². The molecule has 0 aliphatic rings. The molecule has 0 fully saturated rings. The maximum atomic E-state index is 5.92. The van der Waals surface area contributed by atoms with Crippen molar-refractivity contribution in [1.29, 1.82) is 0 Å². The SMILES string of the molecule is COc1ccc(-c2ccc(OCCCCCCCCCCCCOCc3ccsc3)cc2)cc1. The van der Waals surface area contributed by atoms with E-state index in [9.17, 15) is 0 Å². The molecule has 0 amide bonds. The largest absolute Gasteiger partial charge is 0.497 e. The molecule has 3 nitrogen and oxygen atoms in total. The van der Waals surface area contributed by atoms with Crippen LogP contribution in [0.5, 0.6) is 11.5 Å². The van der Waals surface area contributed by atoms with Crippen molar-refractivity contribution in [3.8, 4) is 22.6 Å². The Balaban J connectivity index is 1.11. The van der Waals surface area contributed by atoms with E-state index >= 15 is 0 Å². The maximum absolute atomic E-state index is 5.92. The quantitative estimate of drug-likeness (QED) is 0.170. The molecule has 34 heavy (non-hydrogen) atoms. The molecule has 0 aliphatic carbocycles. The van der Waals surface area contributed by atoms with Crippen LogP contribution >= 0.6 is 11.3 Å². The maximum Gasteiger partial charge on any atom is 0.119 e. The molecule has 0 bridgehead atoms. The van der Waals surface area contributed by atoms with Gasteiger partial charge in [-0.25, -0.2) is 0 Å². The zero-order valence-electron chi connectivity index (χ0n) is 20.7. The van der Waals surface area contributed by atoms with E-state index < -0.39 is 0 Å². The van der Waals surface area contributed by atoms with Gasteiger partial charge in [0.05, 0.1) is 20.3 Å². The smallest absolute Gasteiger partial charge is 0.119 e. The lowest BCUT2D eigenvalue weighted by molar-refractivity contribution is 0.117. The number of hydrogen-bond donors (Lipinski definition) is 0. The second kappa shape index (κ2) is 16.3. The zero-order valence-corrected chi connectivity index (χ0v) is 21.5. The monoisotopic (exact) mass is 480 g/mol. The Kier molecular flexibility index (Phi) is 12.6. The van der Waals surface area contributed by atoms with E-state index in [1.165, 1.54) is 74.5 Å². The Morgan fingerprint density at radius 1 is 0.588 bits per heavy atom. The lowest BCUT2D eigenvalue weighted by atomic mass is 10.1. The van der Waals surface area contributed by atoms with Crippen molar-refractivity contribution < 1.29 is 14.2 Å². The third-order valence-electron chi connectivity index (χ3n) is 6.08. The number of ether oxygens (including phenoxy) is 3. The standard InChI is InChI=1S/C30H40O3S/c1-31-29-16-12-27(13-17-29)28-14-18-30(19-15-28)33-22-11-9-7-5-3-2-4-6-8-10-21-32-24-26-20-23-34-25-26/h12-20,23,25H,2-11,21-22,24H2,1H3. The molecule has 184 valence electrons. The Bertz CT molecular complexity index is 872. The Labute approximate surface area is 210 Å². The first-order chi connectivity index (χ1) is 16.8. The van der Waals surface area contributed by atoms with Crippen molar-refractivity contribution in [3.05, 3.63) is 70.9 Å². The van der Waals surface area contributed by atoms with Crippen LogP contribution in [0.25, 0.3) is 11.1 Å². The van der Waals surface area contributed by atoms with E-state index in [4.69, 9.17) is 14.2 Å². The minimum Gasteiger partial charge on any atom is -0.497 e. The normalized spacial score (nSPS) is 11.0. The van der Waals surface area contributed by atoms with Crippen LogP contribution in [-0.4, -0.2) is 20.3 Å². The first-order valence-corrected chi connectivity index (χ1v) is 13.8. The number of unbranched alkanes of at least 4 members (excludes halogenated alkanes) is 9. The summed E-state index contributed by atoms with van der Waals surface area (Å²) < 4.78 is 16.9. The van der Waals surface area contributed by atoms with Crippen molar-refractivity contribution in [2.24, 2.45) is 0 Å². The van der Waals surface area contributed by atoms with Crippen LogP contribution in [0.3, 0.4) is 0 Å². The summed E-state index contributed by atoms with van der Waals surface area (Å²) in [6, 6.07) is 18.7.